The molecule has 0 saturated heterocycles. The minimum atomic E-state index is -3.27. The molecule has 0 aliphatic carbocycles. The Kier molecular flexibility index (Phi) is 3.93. The van der Waals surface area contributed by atoms with Gasteiger partial charge in [-0.3, -0.25) is 4.98 Å². The lowest BCUT2D eigenvalue weighted by molar-refractivity contribution is 0.0425. The van der Waals surface area contributed by atoms with Crippen molar-refractivity contribution in [2.75, 3.05) is 4.90 Å². The van der Waals surface area contributed by atoms with Gasteiger partial charge in [0, 0.05) is 18.9 Å². The number of rotatable bonds is 3. The van der Waals surface area contributed by atoms with E-state index >= 15 is 0 Å². The number of hydrogen-bond acceptors (Lipinski definition) is 2. The molecule has 2 nitrogen and oxygen atoms in total. The second kappa shape index (κ2) is 5.64. The van der Waals surface area contributed by atoms with Crippen LogP contribution in [0.3, 0.4) is 0 Å². The standard InChI is InChI=1S/C17H16F3N2P/c1-3-13-14(18)4-5-15-16(13)17(19,20)10(2)22(15)9-11-6-12(23)8-21-7-11/h4-8H,2-3,9,23H2,1H3. The summed E-state index contributed by atoms with van der Waals surface area (Å²) in [7, 11) is 2.52. The highest BCUT2D eigenvalue weighted by molar-refractivity contribution is 7.27. The Labute approximate surface area is 135 Å². The van der Waals surface area contributed by atoms with Crippen LogP contribution in [0.1, 0.15) is 23.6 Å². The molecule has 3 rings (SSSR count). The van der Waals surface area contributed by atoms with Crippen LogP contribution in [-0.2, 0) is 18.9 Å². The number of aromatic nitrogens is 1. The zero-order valence-corrected chi connectivity index (χ0v) is 13.8. The minimum Gasteiger partial charge on any atom is -0.335 e. The van der Waals surface area contributed by atoms with E-state index < -0.39 is 11.7 Å². The molecule has 0 saturated carbocycles. The van der Waals surface area contributed by atoms with Crippen LogP contribution in [0.5, 0.6) is 0 Å². The van der Waals surface area contributed by atoms with Crippen LogP contribution in [0.4, 0.5) is 18.9 Å². The molecule has 0 spiro atoms. The Morgan fingerprint density at radius 2 is 2.04 bits per heavy atom. The molecule has 0 radical (unpaired) electrons. The van der Waals surface area contributed by atoms with Gasteiger partial charge in [-0.2, -0.15) is 8.78 Å². The van der Waals surface area contributed by atoms with E-state index in [0.29, 0.717) is 5.69 Å². The third-order valence-electron chi connectivity index (χ3n) is 4.04. The van der Waals surface area contributed by atoms with E-state index in [-0.39, 0.29) is 29.8 Å². The second-order valence-corrected chi connectivity index (χ2v) is 6.17. The van der Waals surface area contributed by atoms with E-state index in [1.807, 2.05) is 6.07 Å². The average molecular weight is 336 g/mol. The molecule has 1 aliphatic rings. The summed E-state index contributed by atoms with van der Waals surface area (Å²) >= 11 is 0. The van der Waals surface area contributed by atoms with Crippen molar-refractivity contribution in [3.8, 4) is 0 Å². The van der Waals surface area contributed by atoms with Crippen molar-refractivity contribution >= 4 is 20.2 Å². The molecule has 1 atom stereocenters. The van der Waals surface area contributed by atoms with Crippen LogP contribution in [0.15, 0.2) is 42.9 Å². The lowest BCUT2D eigenvalue weighted by Gasteiger charge is -2.21. The SMILES string of the molecule is C=C1N(Cc2cncc(P)c2)c2ccc(F)c(CC)c2C1(F)F. The van der Waals surface area contributed by atoms with Gasteiger partial charge < -0.3 is 4.90 Å². The molecule has 1 aromatic heterocycles. The van der Waals surface area contributed by atoms with Crippen LogP contribution in [-0.4, -0.2) is 4.98 Å². The number of hydrogen-bond donors (Lipinski definition) is 0. The van der Waals surface area contributed by atoms with Crippen molar-refractivity contribution in [1.82, 2.24) is 4.98 Å². The summed E-state index contributed by atoms with van der Waals surface area (Å²) in [4.78, 5) is 5.51. The zero-order chi connectivity index (χ0) is 16.8. The molecule has 120 valence electrons. The third-order valence-corrected chi connectivity index (χ3v) is 4.35. The highest BCUT2D eigenvalue weighted by Crippen LogP contribution is 2.52. The first kappa shape index (κ1) is 16.0. The molecule has 1 aliphatic heterocycles. The van der Waals surface area contributed by atoms with Crippen LogP contribution < -0.4 is 10.2 Å². The van der Waals surface area contributed by atoms with Crippen LogP contribution in [0.25, 0.3) is 0 Å². The molecule has 1 aromatic carbocycles. The molecule has 0 N–H and O–H groups in total. The summed E-state index contributed by atoms with van der Waals surface area (Å²) in [5.41, 5.74) is 0.549. The monoisotopic (exact) mass is 336 g/mol. The molecule has 0 fully saturated rings. The predicted molar refractivity (Wildman–Crippen MR) is 88.6 cm³/mol. The molecule has 6 heteroatoms. The number of anilines is 1. The largest absolute Gasteiger partial charge is 0.335 e. The lowest BCUT2D eigenvalue weighted by Crippen LogP contribution is -2.23. The van der Waals surface area contributed by atoms with E-state index in [1.165, 1.54) is 17.0 Å². The molecule has 2 aromatic rings. The Morgan fingerprint density at radius 3 is 2.70 bits per heavy atom. The second-order valence-electron chi connectivity index (χ2n) is 5.51. The number of nitrogens with zero attached hydrogens (tertiary/aromatic N) is 2. The normalized spacial score (nSPS) is 15.9. The fraction of sp³-hybridized carbons (Fsp3) is 0.235. The van der Waals surface area contributed by atoms with Gasteiger partial charge in [0.2, 0.25) is 0 Å². The quantitative estimate of drug-likeness (QED) is 0.790. The first-order valence-corrected chi connectivity index (χ1v) is 7.80. The number of fused-ring (bicyclic) bond motifs is 1. The van der Waals surface area contributed by atoms with Gasteiger partial charge >= 0.3 is 5.92 Å². The van der Waals surface area contributed by atoms with Crippen molar-refractivity contribution in [1.29, 1.82) is 0 Å². The van der Waals surface area contributed by atoms with Gasteiger partial charge in [0.25, 0.3) is 0 Å². The van der Waals surface area contributed by atoms with Gasteiger partial charge in [0.1, 0.15) is 5.82 Å². The van der Waals surface area contributed by atoms with Crippen LogP contribution >= 0.6 is 9.24 Å². The fourth-order valence-corrected chi connectivity index (χ4v) is 3.25. The number of alkyl halides is 2. The van der Waals surface area contributed by atoms with Crippen molar-refractivity contribution in [3.63, 3.8) is 0 Å². The van der Waals surface area contributed by atoms with Crippen LogP contribution in [0.2, 0.25) is 0 Å². The van der Waals surface area contributed by atoms with Crippen molar-refractivity contribution in [3.05, 3.63) is 65.4 Å². The summed E-state index contributed by atoms with van der Waals surface area (Å²) in [6.45, 7) is 5.44. The van der Waals surface area contributed by atoms with Gasteiger partial charge in [-0.15, -0.1) is 9.24 Å². The molecule has 0 amide bonds. The summed E-state index contributed by atoms with van der Waals surface area (Å²) in [6, 6.07) is 4.49. The molecule has 23 heavy (non-hydrogen) atoms. The summed E-state index contributed by atoms with van der Waals surface area (Å²) in [5, 5.41) is 0.868. The Hall–Kier alpha value is -1.87. The summed E-state index contributed by atoms with van der Waals surface area (Å²) < 4.78 is 43.3. The van der Waals surface area contributed by atoms with Gasteiger partial charge in [-0.05, 0) is 41.1 Å². The molecule has 1 unspecified atom stereocenters. The fourth-order valence-electron chi connectivity index (χ4n) is 2.95. The smallest absolute Gasteiger partial charge is 0.314 e. The number of allylic oxidation sites excluding steroid dienone is 1. The minimum absolute atomic E-state index is 0.0501. The van der Waals surface area contributed by atoms with Crippen molar-refractivity contribution in [2.45, 2.75) is 25.8 Å². The van der Waals surface area contributed by atoms with Gasteiger partial charge in [-0.1, -0.05) is 13.5 Å². The average Bonchev–Trinajstić information content (AvgIpc) is 2.69. The summed E-state index contributed by atoms with van der Waals surface area (Å²) in [6.07, 6.45) is 3.50. The Balaban J connectivity index is 2.10. The maximum absolute atomic E-state index is 14.7. The lowest BCUT2D eigenvalue weighted by atomic mass is 9.99. The predicted octanol–water partition coefficient (Wildman–Crippen LogP) is 3.91. The molecule has 0 bridgehead atoms. The van der Waals surface area contributed by atoms with E-state index in [0.717, 1.165) is 10.9 Å². The van der Waals surface area contributed by atoms with Gasteiger partial charge in [0.05, 0.1) is 16.9 Å². The first-order valence-electron chi connectivity index (χ1n) is 7.22. The number of pyridine rings is 1. The topological polar surface area (TPSA) is 16.1 Å². The van der Waals surface area contributed by atoms with Crippen LogP contribution in [0, 0.1) is 5.82 Å². The molecular formula is C17H16F3N2P. The van der Waals surface area contributed by atoms with Gasteiger partial charge in [-0.25, -0.2) is 4.39 Å². The van der Waals surface area contributed by atoms with Crippen molar-refractivity contribution < 1.29 is 13.2 Å². The van der Waals surface area contributed by atoms with E-state index in [1.54, 1.807) is 19.3 Å². The van der Waals surface area contributed by atoms with E-state index in [2.05, 4.69) is 20.8 Å². The zero-order valence-electron chi connectivity index (χ0n) is 12.6. The van der Waals surface area contributed by atoms with Crippen molar-refractivity contribution in [2.24, 2.45) is 0 Å². The van der Waals surface area contributed by atoms with E-state index in [9.17, 15) is 13.2 Å². The third kappa shape index (κ3) is 2.53. The number of benzene rings is 1. The summed E-state index contributed by atoms with van der Waals surface area (Å²) in [5.74, 6) is -3.87. The Bertz CT molecular complexity index is 789. The number of halogens is 3. The Morgan fingerprint density at radius 1 is 1.30 bits per heavy atom. The molecule has 2 heterocycles. The maximum atomic E-state index is 14.7. The highest BCUT2D eigenvalue weighted by atomic mass is 31.0. The highest BCUT2D eigenvalue weighted by Gasteiger charge is 2.49. The maximum Gasteiger partial charge on any atom is 0.314 e. The van der Waals surface area contributed by atoms with Gasteiger partial charge in [0.15, 0.2) is 0 Å². The first-order chi connectivity index (χ1) is 10.9. The van der Waals surface area contributed by atoms with E-state index in [4.69, 9.17) is 0 Å². The molecular weight excluding hydrogens is 320 g/mol.